The highest BCUT2D eigenvalue weighted by molar-refractivity contribution is 6.04. The van der Waals surface area contributed by atoms with Crippen LogP contribution in [0, 0.1) is 11.8 Å². The van der Waals surface area contributed by atoms with E-state index in [0.29, 0.717) is 50.2 Å². The first-order valence-electron chi connectivity index (χ1n) is 13.1. The van der Waals surface area contributed by atoms with Gasteiger partial charge in [0.1, 0.15) is 18.1 Å². The van der Waals surface area contributed by atoms with Crippen molar-refractivity contribution in [3.05, 3.63) is 48.4 Å². The first kappa shape index (κ1) is 27.4. The molecule has 11 nitrogen and oxygen atoms in total. The number of aryl methyl sites for hydroxylation is 1. The predicted octanol–water partition coefficient (Wildman–Crippen LogP) is 4.07. The first-order valence-corrected chi connectivity index (χ1v) is 13.1. The molecule has 1 saturated carbocycles. The van der Waals surface area contributed by atoms with Crippen LogP contribution in [0.5, 0.6) is 17.4 Å². The molecule has 2 aliphatic rings. The maximum absolute atomic E-state index is 13.3. The average molecular weight is 557 g/mol. The number of hydrogen-bond acceptors (Lipinski definition) is 8. The molecule has 1 aromatic carbocycles. The smallest absolute Gasteiger partial charge is 0.272 e. The van der Waals surface area contributed by atoms with Crippen LogP contribution in [0.1, 0.15) is 36.0 Å². The van der Waals surface area contributed by atoms with Crippen molar-refractivity contribution in [2.45, 2.75) is 32.1 Å². The van der Waals surface area contributed by atoms with Gasteiger partial charge in [-0.1, -0.05) is 0 Å². The summed E-state index contributed by atoms with van der Waals surface area (Å²) in [6.07, 6.45) is 5.32. The van der Waals surface area contributed by atoms with Gasteiger partial charge in [0.25, 0.3) is 12.3 Å². The molecule has 0 spiro atoms. The Hall–Kier alpha value is -4.13. The number of halogens is 2. The zero-order valence-corrected chi connectivity index (χ0v) is 22.0. The van der Waals surface area contributed by atoms with E-state index in [2.05, 4.69) is 20.4 Å². The number of carbonyl (C=O) groups excluding carboxylic acids is 2. The van der Waals surface area contributed by atoms with Crippen LogP contribution in [0.2, 0.25) is 0 Å². The van der Waals surface area contributed by atoms with E-state index in [4.69, 9.17) is 14.2 Å². The van der Waals surface area contributed by atoms with Gasteiger partial charge >= 0.3 is 0 Å². The number of nitrogens with one attached hydrogen (secondary N) is 1. The van der Waals surface area contributed by atoms with Gasteiger partial charge in [-0.15, -0.1) is 0 Å². The van der Waals surface area contributed by atoms with Gasteiger partial charge in [0, 0.05) is 56.6 Å². The molecule has 3 aromatic rings. The van der Waals surface area contributed by atoms with Crippen LogP contribution in [0.15, 0.2) is 42.9 Å². The van der Waals surface area contributed by atoms with E-state index in [1.54, 1.807) is 24.2 Å². The molecule has 3 heterocycles. The molecular weight excluding hydrogens is 526 g/mol. The highest BCUT2D eigenvalue weighted by Crippen LogP contribution is 2.33. The van der Waals surface area contributed by atoms with E-state index in [0.717, 1.165) is 12.8 Å². The number of hydrogen-bond donors (Lipinski definition) is 1. The second kappa shape index (κ2) is 12.4. The first-order chi connectivity index (χ1) is 19.3. The molecule has 0 bridgehead atoms. The maximum Gasteiger partial charge on any atom is 0.272 e. The lowest BCUT2D eigenvalue weighted by atomic mass is 9.98. The highest BCUT2D eigenvalue weighted by atomic mass is 19.3. The van der Waals surface area contributed by atoms with Gasteiger partial charge in [-0.05, 0) is 43.7 Å². The summed E-state index contributed by atoms with van der Waals surface area (Å²) in [5, 5.41) is 6.74. The molecule has 2 fully saturated rings. The standard InChI is InChI=1S/C27H30F2N6O5/c1-34-7-4-23(33-34)32-26(36)19-10-20(39-16-22(28)29)12-21(11-19)40-25-14-30-24(13-31-25)35(15-17-2-3-17)27(37)18-5-8-38-9-6-18/h4,7,10-14,17-18,22H,2-3,5-6,8-9,15-16H2,1H3,(H,32,33,36). The summed E-state index contributed by atoms with van der Waals surface area (Å²) in [6.45, 7) is 0.864. The van der Waals surface area contributed by atoms with E-state index in [-0.39, 0.29) is 34.8 Å². The topological polar surface area (TPSA) is 121 Å². The molecule has 212 valence electrons. The summed E-state index contributed by atoms with van der Waals surface area (Å²) in [5.41, 5.74) is 0.106. The number of anilines is 2. The minimum absolute atomic E-state index is 0.0191. The molecule has 1 saturated heterocycles. The van der Waals surface area contributed by atoms with E-state index >= 15 is 0 Å². The van der Waals surface area contributed by atoms with Crippen molar-refractivity contribution in [2.24, 2.45) is 18.9 Å². The molecule has 0 unspecified atom stereocenters. The van der Waals surface area contributed by atoms with Crippen LogP contribution >= 0.6 is 0 Å². The number of nitrogens with zero attached hydrogens (tertiary/aromatic N) is 5. The van der Waals surface area contributed by atoms with Crippen LogP contribution in [0.4, 0.5) is 20.4 Å². The molecule has 13 heteroatoms. The average Bonchev–Trinajstić information content (AvgIpc) is 3.69. The van der Waals surface area contributed by atoms with Crippen molar-refractivity contribution in [3.63, 3.8) is 0 Å². The van der Waals surface area contributed by atoms with Gasteiger partial charge in [-0.2, -0.15) is 5.10 Å². The third-order valence-electron chi connectivity index (χ3n) is 6.56. The van der Waals surface area contributed by atoms with E-state index in [1.165, 1.54) is 35.3 Å². The van der Waals surface area contributed by atoms with Crippen molar-refractivity contribution in [1.82, 2.24) is 19.7 Å². The molecular formula is C27H30F2N6O5. The Morgan fingerprint density at radius 2 is 1.90 bits per heavy atom. The number of carbonyl (C=O) groups is 2. The van der Waals surface area contributed by atoms with Crippen molar-refractivity contribution in [3.8, 4) is 17.4 Å². The molecule has 1 aliphatic carbocycles. The molecule has 5 rings (SSSR count). The number of benzene rings is 1. The summed E-state index contributed by atoms with van der Waals surface area (Å²) in [6, 6.07) is 5.75. The number of rotatable bonds is 11. The van der Waals surface area contributed by atoms with Gasteiger partial charge in [-0.25, -0.2) is 18.7 Å². The van der Waals surface area contributed by atoms with E-state index in [9.17, 15) is 18.4 Å². The third-order valence-corrected chi connectivity index (χ3v) is 6.56. The monoisotopic (exact) mass is 556 g/mol. The molecule has 0 radical (unpaired) electrons. The minimum atomic E-state index is -2.70. The second-order valence-electron chi connectivity index (χ2n) is 9.82. The van der Waals surface area contributed by atoms with Gasteiger partial charge < -0.3 is 19.5 Å². The SMILES string of the molecule is Cn1ccc(NC(=O)c2cc(OCC(F)F)cc(Oc3cnc(N(CC4CC4)C(=O)C4CCOCC4)cn3)c2)n1. The number of alkyl halides is 2. The van der Waals surface area contributed by atoms with Crippen LogP contribution in [0.3, 0.4) is 0 Å². The Morgan fingerprint density at radius 1 is 1.12 bits per heavy atom. The zero-order valence-electron chi connectivity index (χ0n) is 22.0. The van der Waals surface area contributed by atoms with Crippen LogP contribution in [-0.4, -0.2) is 64.4 Å². The predicted molar refractivity (Wildman–Crippen MR) is 140 cm³/mol. The van der Waals surface area contributed by atoms with Gasteiger partial charge in [0.05, 0.1) is 12.4 Å². The van der Waals surface area contributed by atoms with Crippen LogP contribution in [0.25, 0.3) is 0 Å². The van der Waals surface area contributed by atoms with Crippen molar-refractivity contribution in [2.75, 3.05) is 36.6 Å². The van der Waals surface area contributed by atoms with Gasteiger partial charge in [0.2, 0.25) is 11.8 Å². The van der Waals surface area contributed by atoms with Gasteiger partial charge in [0.15, 0.2) is 11.6 Å². The fourth-order valence-corrected chi connectivity index (χ4v) is 4.32. The lowest BCUT2D eigenvalue weighted by molar-refractivity contribution is -0.125. The Bertz CT molecular complexity index is 1330. The normalized spacial score (nSPS) is 15.6. The number of ether oxygens (including phenoxy) is 3. The summed E-state index contributed by atoms with van der Waals surface area (Å²) in [7, 11) is 1.71. The fourth-order valence-electron chi connectivity index (χ4n) is 4.32. The quantitative estimate of drug-likeness (QED) is 0.375. The van der Waals surface area contributed by atoms with Crippen molar-refractivity contribution < 1.29 is 32.6 Å². The van der Waals surface area contributed by atoms with Crippen molar-refractivity contribution in [1.29, 1.82) is 0 Å². The summed E-state index contributed by atoms with van der Waals surface area (Å²) in [5.74, 6) is 0.821. The molecule has 2 aromatic heterocycles. The van der Waals surface area contributed by atoms with E-state index < -0.39 is 18.9 Å². The summed E-state index contributed by atoms with van der Waals surface area (Å²) < 4.78 is 43.4. The molecule has 1 aliphatic heterocycles. The van der Waals surface area contributed by atoms with Crippen molar-refractivity contribution >= 4 is 23.5 Å². The minimum Gasteiger partial charge on any atom is -0.487 e. The fraction of sp³-hybridized carbons (Fsp3) is 0.444. The maximum atomic E-state index is 13.3. The molecule has 40 heavy (non-hydrogen) atoms. The largest absolute Gasteiger partial charge is 0.487 e. The number of aromatic nitrogens is 4. The van der Waals surface area contributed by atoms with Crippen LogP contribution < -0.4 is 19.7 Å². The lowest BCUT2D eigenvalue weighted by Gasteiger charge is -2.28. The number of amides is 2. The Morgan fingerprint density at radius 3 is 2.55 bits per heavy atom. The third kappa shape index (κ3) is 7.29. The lowest BCUT2D eigenvalue weighted by Crippen LogP contribution is -2.40. The summed E-state index contributed by atoms with van der Waals surface area (Å²) in [4.78, 5) is 36.6. The highest BCUT2D eigenvalue weighted by Gasteiger charge is 2.33. The van der Waals surface area contributed by atoms with Crippen LogP contribution in [-0.2, 0) is 16.6 Å². The van der Waals surface area contributed by atoms with E-state index in [1.807, 2.05) is 0 Å². The second-order valence-corrected chi connectivity index (χ2v) is 9.82. The summed E-state index contributed by atoms with van der Waals surface area (Å²) >= 11 is 0. The zero-order chi connectivity index (χ0) is 28.1. The Kier molecular flexibility index (Phi) is 8.48. The molecule has 1 N–H and O–H groups in total. The Labute approximate surface area is 229 Å². The van der Waals surface area contributed by atoms with Gasteiger partial charge in [-0.3, -0.25) is 19.2 Å². The molecule has 0 atom stereocenters. The molecule has 2 amide bonds. The Balaban J connectivity index is 1.33.